The fraction of sp³-hybridized carbons (Fsp3) is 0.556. The molecule has 1 aliphatic carbocycles. The number of fused-ring (bicyclic) bond motifs is 1. The van der Waals surface area contributed by atoms with Crippen molar-refractivity contribution >= 4 is 10.9 Å². The summed E-state index contributed by atoms with van der Waals surface area (Å²) in [6.07, 6.45) is -0.978. The lowest BCUT2D eigenvalue weighted by molar-refractivity contribution is -0.0789. The molecule has 0 spiro atoms. The Kier molecular flexibility index (Phi) is 5.13. The number of benzene rings is 1. The third-order valence-corrected chi connectivity index (χ3v) is 5.37. The summed E-state index contributed by atoms with van der Waals surface area (Å²) in [7, 11) is 2.99. The first-order valence-electron chi connectivity index (χ1n) is 8.53. The normalized spacial score (nSPS) is 23.5. The molecule has 0 aliphatic heterocycles. The number of aromatic nitrogens is 2. The Bertz CT molecular complexity index is 898. The lowest BCUT2D eigenvalue weighted by Crippen LogP contribution is -2.47. The van der Waals surface area contributed by atoms with Crippen molar-refractivity contribution in [2.75, 3.05) is 14.2 Å². The van der Waals surface area contributed by atoms with Gasteiger partial charge >= 0.3 is 5.69 Å². The predicted octanol–water partition coefficient (Wildman–Crippen LogP) is 2.54. The Balaban J connectivity index is 1.95. The van der Waals surface area contributed by atoms with Crippen molar-refractivity contribution in [3.8, 4) is 5.75 Å². The van der Waals surface area contributed by atoms with Crippen molar-refractivity contribution in [3.63, 3.8) is 0 Å². The summed E-state index contributed by atoms with van der Waals surface area (Å²) in [6.45, 7) is 0.0373. The van der Waals surface area contributed by atoms with E-state index in [1.165, 1.54) is 14.2 Å². The van der Waals surface area contributed by atoms with E-state index in [1.807, 2.05) is 0 Å². The molecule has 1 saturated carbocycles. The van der Waals surface area contributed by atoms with Crippen LogP contribution in [0.25, 0.3) is 10.9 Å². The van der Waals surface area contributed by atoms with E-state index < -0.39 is 29.2 Å². The van der Waals surface area contributed by atoms with Crippen LogP contribution in [0, 0.1) is 5.92 Å². The van der Waals surface area contributed by atoms with E-state index in [4.69, 9.17) is 9.47 Å². The number of aromatic amines is 1. The van der Waals surface area contributed by atoms with Gasteiger partial charge in [-0.15, -0.1) is 0 Å². The van der Waals surface area contributed by atoms with Crippen LogP contribution in [0.1, 0.15) is 25.7 Å². The highest BCUT2D eigenvalue weighted by molar-refractivity contribution is 5.78. The van der Waals surface area contributed by atoms with Crippen LogP contribution in [0.5, 0.6) is 5.75 Å². The molecular formula is C18H22F2N2O4. The highest BCUT2D eigenvalue weighted by atomic mass is 19.3. The summed E-state index contributed by atoms with van der Waals surface area (Å²) in [4.78, 5) is 27.9. The summed E-state index contributed by atoms with van der Waals surface area (Å²) in [5, 5.41) is 0.359. The Labute approximate surface area is 148 Å². The molecule has 142 valence electrons. The molecule has 0 amide bonds. The molecule has 26 heavy (non-hydrogen) atoms. The van der Waals surface area contributed by atoms with Gasteiger partial charge in [-0.3, -0.25) is 9.36 Å². The minimum atomic E-state index is -2.35. The quantitative estimate of drug-likeness (QED) is 0.880. The lowest BCUT2D eigenvalue weighted by Gasteiger charge is -2.39. The highest BCUT2D eigenvalue weighted by Crippen LogP contribution is 2.38. The number of ether oxygens (including phenoxy) is 2. The van der Waals surface area contributed by atoms with Crippen LogP contribution in [0.3, 0.4) is 0 Å². The van der Waals surface area contributed by atoms with Crippen molar-refractivity contribution in [1.82, 2.24) is 9.55 Å². The van der Waals surface area contributed by atoms with E-state index in [9.17, 15) is 18.4 Å². The number of hydrogen-bond acceptors (Lipinski definition) is 4. The van der Waals surface area contributed by atoms with Gasteiger partial charge in [0.15, 0.2) is 0 Å². The van der Waals surface area contributed by atoms with E-state index in [1.54, 1.807) is 18.2 Å². The number of methoxy groups -OCH3 is 2. The molecular weight excluding hydrogens is 346 g/mol. The third kappa shape index (κ3) is 3.38. The Hall–Kier alpha value is -2.22. The molecule has 8 heteroatoms. The number of halogens is 2. The van der Waals surface area contributed by atoms with Gasteiger partial charge in [-0.2, -0.15) is 0 Å². The summed E-state index contributed by atoms with van der Waals surface area (Å²) >= 11 is 0. The number of rotatable bonds is 5. The van der Waals surface area contributed by atoms with E-state index in [-0.39, 0.29) is 6.54 Å². The maximum atomic E-state index is 12.9. The van der Waals surface area contributed by atoms with E-state index in [0.29, 0.717) is 42.3 Å². The van der Waals surface area contributed by atoms with Crippen LogP contribution in [0.4, 0.5) is 8.78 Å². The summed E-state index contributed by atoms with van der Waals surface area (Å²) in [6, 6.07) is 4.82. The molecule has 0 bridgehead atoms. The molecule has 1 aliphatic rings. The first-order chi connectivity index (χ1) is 12.4. The molecule has 1 heterocycles. The van der Waals surface area contributed by atoms with Crippen molar-refractivity contribution < 1.29 is 18.3 Å². The largest absolute Gasteiger partial charge is 0.497 e. The number of H-pyrrole nitrogens is 1. The second kappa shape index (κ2) is 7.19. The number of hydrogen-bond donors (Lipinski definition) is 1. The summed E-state index contributed by atoms with van der Waals surface area (Å²) < 4.78 is 37.6. The summed E-state index contributed by atoms with van der Waals surface area (Å²) in [5.41, 5.74) is -1.38. The van der Waals surface area contributed by atoms with E-state index in [2.05, 4.69) is 4.98 Å². The maximum absolute atomic E-state index is 12.9. The van der Waals surface area contributed by atoms with E-state index in [0.717, 1.165) is 4.57 Å². The molecule has 0 saturated heterocycles. The molecule has 1 aromatic carbocycles. The smallest absolute Gasteiger partial charge is 0.328 e. The van der Waals surface area contributed by atoms with E-state index >= 15 is 0 Å². The van der Waals surface area contributed by atoms with Crippen molar-refractivity contribution in [3.05, 3.63) is 39.0 Å². The van der Waals surface area contributed by atoms with Crippen molar-refractivity contribution in [2.24, 2.45) is 5.92 Å². The van der Waals surface area contributed by atoms with Gasteiger partial charge in [0.2, 0.25) is 6.43 Å². The molecule has 0 unspecified atom stereocenters. The lowest BCUT2D eigenvalue weighted by atomic mass is 9.78. The van der Waals surface area contributed by atoms with Gasteiger partial charge in [-0.25, -0.2) is 13.6 Å². The zero-order valence-corrected chi connectivity index (χ0v) is 14.8. The minimum absolute atomic E-state index is 0.0373. The van der Waals surface area contributed by atoms with Crippen LogP contribution in [-0.4, -0.2) is 35.8 Å². The van der Waals surface area contributed by atoms with Gasteiger partial charge in [-0.05, 0) is 37.8 Å². The zero-order valence-electron chi connectivity index (χ0n) is 14.8. The topological polar surface area (TPSA) is 73.3 Å². The fourth-order valence-electron chi connectivity index (χ4n) is 3.64. The monoisotopic (exact) mass is 368 g/mol. The van der Waals surface area contributed by atoms with Crippen LogP contribution in [0.2, 0.25) is 0 Å². The number of alkyl halides is 2. The summed E-state index contributed by atoms with van der Waals surface area (Å²) in [5.74, 6) is -0.124. The first kappa shape index (κ1) is 18.6. The second-order valence-electron chi connectivity index (χ2n) is 6.79. The Morgan fingerprint density at radius 2 is 1.96 bits per heavy atom. The van der Waals surface area contributed by atoms with Crippen LogP contribution in [0.15, 0.2) is 27.8 Å². The predicted molar refractivity (Wildman–Crippen MR) is 93.1 cm³/mol. The number of nitrogens with zero attached hydrogens (tertiary/aromatic N) is 1. The zero-order chi connectivity index (χ0) is 18.9. The van der Waals surface area contributed by atoms with Crippen LogP contribution >= 0.6 is 0 Å². The van der Waals surface area contributed by atoms with Crippen molar-refractivity contribution in [2.45, 2.75) is 44.3 Å². The SMILES string of the molecule is COc1ccc2c(=O)n(CC3(OC)CCC(C(F)F)CC3)c(=O)[nH]c2c1. The average molecular weight is 368 g/mol. The highest BCUT2D eigenvalue weighted by Gasteiger charge is 2.39. The van der Waals surface area contributed by atoms with Gasteiger partial charge in [0, 0.05) is 19.1 Å². The molecule has 2 aromatic rings. The molecule has 1 fully saturated rings. The number of nitrogens with one attached hydrogen (secondary N) is 1. The fourth-order valence-corrected chi connectivity index (χ4v) is 3.64. The van der Waals surface area contributed by atoms with Gasteiger partial charge in [0.1, 0.15) is 5.75 Å². The van der Waals surface area contributed by atoms with Crippen LogP contribution in [-0.2, 0) is 11.3 Å². The standard InChI is InChI=1S/C18H22F2N2O4/c1-25-12-3-4-13-14(9-12)21-17(24)22(16(13)23)10-18(26-2)7-5-11(6-8-18)15(19)20/h3-4,9,11,15H,5-8,10H2,1-2H3,(H,21,24). The van der Waals surface area contributed by atoms with Gasteiger partial charge in [0.25, 0.3) is 5.56 Å². The molecule has 0 atom stereocenters. The average Bonchev–Trinajstić information content (AvgIpc) is 2.65. The molecule has 6 nitrogen and oxygen atoms in total. The third-order valence-electron chi connectivity index (χ3n) is 5.37. The van der Waals surface area contributed by atoms with Crippen molar-refractivity contribution in [1.29, 1.82) is 0 Å². The molecule has 1 N–H and O–H groups in total. The van der Waals surface area contributed by atoms with Gasteiger partial charge < -0.3 is 14.5 Å². The first-order valence-corrected chi connectivity index (χ1v) is 8.53. The molecule has 1 aromatic heterocycles. The molecule has 3 rings (SSSR count). The Morgan fingerprint density at radius 3 is 2.54 bits per heavy atom. The Morgan fingerprint density at radius 1 is 1.27 bits per heavy atom. The molecule has 0 radical (unpaired) electrons. The van der Waals surface area contributed by atoms with Crippen LogP contribution < -0.4 is 16.0 Å². The van der Waals surface area contributed by atoms with Gasteiger partial charge in [-0.1, -0.05) is 0 Å². The minimum Gasteiger partial charge on any atom is -0.497 e. The maximum Gasteiger partial charge on any atom is 0.328 e. The second-order valence-corrected chi connectivity index (χ2v) is 6.79. The van der Waals surface area contributed by atoms with Gasteiger partial charge in [0.05, 0.1) is 30.2 Å².